The number of anilines is 3. The van der Waals surface area contributed by atoms with E-state index in [1.165, 1.54) is 15.8 Å². The van der Waals surface area contributed by atoms with Crippen LogP contribution >= 0.6 is 0 Å². The van der Waals surface area contributed by atoms with E-state index in [-0.39, 0.29) is 29.8 Å². The van der Waals surface area contributed by atoms with Gasteiger partial charge in [-0.15, -0.1) is 5.10 Å². The van der Waals surface area contributed by atoms with Crippen molar-refractivity contribution in [2.24, 2.45) is 5.92 Å². The molecule has 13 heteroatoms. The molecule has 0 atom stereocenters. The van der Waals surface area contributed by atoms with E-state index < -0.39 is 0 Å². The van der Waals surface area contributed by atoms with E-state index in [9.17, 15) is 14.4 Å². The molecule has 1 saturated carbocycles. The number of aromatic nitrogens is 6. The van der Waals surface area contributed by atoms with Crippen molar-refractivity contribution in [2.75, 3.05) is 31.8 Å². The van der Waals surface area contributed by atoms with Crippen LogP contribution in [0.5, 0.6) is 5.75 Å². The molecule has 0 radical (unpaired) electrons. The normalized spacial score (nSPS) is 12.7. The summed E-state index contributed by atoms with van der Waals surface area (Å²) in [6.45, 7) is 0.171. The molecule has 13 nitrogen and oxygen atoms in total. The van der Waals surface area contributed by atoms with E-state index in [4.69, 9.17) is 4.74 Å². The summed E-state index contributed by atoms with van der Waals surface area (Å²) in [5.74, 6) is 0.777. The van der Waals surface area contributed by atoms with Gasteiger partial charge in [-0.1, -0.05) is 24.3 Å². The lowest BCUT2D eigenvalue weighted by molar-refractivity contribution is -0.117. The number of imidazole rings is 1. The van der Waals surface area contributed by atoms with Gasteiger partial charge >= 0.3 is 0 Å². The minimum absolute atomic E-state index is 0.0388. The van der Waals surface area contributed by atoms with E-state index in [0.29, 0.717) is 50.9 Å². The van der Waals surface area contributed by atoms with Gasteiger partial charge in [-0.3, -0.25) is 19.0 Å². The van der Waals surface area contributed by atoms with Crippen LogP contribution in [0.2, 0.25) is 0 Å². The lowest BCUT2D eigenvalue weighted by Crippen LogP contribution is -2.24. The SMILES string of the molecule is COc1c(Nc2cc(NC(=O)C3CC3)nn3ccnc23)cccc1-c1ccc2c(=O)n(Cc3cccc(C(=O)N(C)C)n3)cnc2c1. The van der Waals surface area contributed by atoms with Crippen LogP contribution in [0.3, 0.4) is 0 Å². The molecule has 4 aromatic heterocycles. The van der Waals surface area contributed by atoms with Crippen molar-refractivity contribution in [3.05, 3.63) is 101 Å². The second kappa shape index (κ2) is 12.0. The van der Waals surface area contributed by atoms with Crippen molar-refractivity contribution in [1.82, 2.24) is 34.0 Å². The van der Waals surface area contributed by atoms with Crippen LogP contribution in [0.15, 0.2) is 84.2 Å². The summed E-state index contributed by atoms with van der Waals surface area (Å²) in [7, 11) is 4.92. The zero-order valence-corrected chi connectivity index (χ0v) is 26.0. The molecule has 1 aliphatic rings. The summed E-state index contributed by atoms with van der Waals surface area (Å²) < 4.78 is 8.99. The van der Waals surface area contributed by atoms with Crippen LogP contribution in [-0.2, 0) is 11.3 Å². The predicted molar refractivity (Wildman–Crippen MR) is 177 cm³/mol. The second-order valence-corrected chi connectivity index (χ2v) is 11.5. The minimum Gasteiger partial charge on any atom is -0.494 e. The third-order valence-corrected chi connectivity index (χ3v) is 7.95. The predicted octanol–water partition coefficient (Wildman–Crippen LogP) is 4.35. The highest BCUT2D eigenvalue weighted by molar-refractivity contribution is 5.95. The quantitative estimate of drug-likeness (QED) is 0.238. The Hall–Kier alpha value is -6.11. The van der Waals surface area contributed by atoms with Gasteiger partial charge in [-0.2, -0.15) is 0 Å². The van der Waals surface area contributed by atoms with Gasteiger partial charge in [0.1, 0.15) is 11.4 Å². The van der Waals surface area contributed by atoms with Gasteiger partial charge in [-0.05, 0) is 48.7 Å². The van der Waals surface area contributed by atoms with Gasteiger partial charge < -0.3 is 20.3 Å². The highest BCUT2D eigenvalue weighted by atomic mass is 16.5. The van der Waals surface area contributed by atoms with Crippen molar-refractivity contribution in [1.29, 1.82) is 0 Å². The first kappa shape index (κ1) is 29.6. The minimum atomic E-state index is -0.221. The molecule has 236 valence electrons. The Balaban J connectivity index is 1.19. The number of nitrogens with zero attached hydrogens (tertiary/aromatic N) is 7. The first-order valence-electron chi connectivity index (χ1n) is 15.1. The summed E-state index contributed by atoms with van der Waals surface area (Å²) in [5, 5.41) is 11.2. The van der Waals surface area contributed by atoms with Crippen molar-refractivity contribution in [2.45, 2.75) is 19.4 Å². The molecule has 4 heterocycles. The maximum Gasteiger partial charge on any atom is 0.271 e. The first-order valence-corrected chi connectivity index (χ1v) is 15.1. The molecular formula is C34H31N9O4. The maximum absolute atomic E-state index is 13.5. The lowest BCUT2D eigenvalue weighted by atomic mass is 10.0. The number of carbonyl (C=O) groups excluding carboxylic acids is 2. The number of hydrogen-bond donors (Lipinski definition) is 2. The number of methoxy groups -OCH3 is 1. The number of hydrogen-bond acceptors (Lipinski definition) is 9. The van der Waals surface area contributed by atoms with Crippen molar-refractivity contribution in [3.63, 3.8) is 0 Å². The fourth-order valence-electron chi connectivity index (χ4n) is 5.40. The van der Waals surface area contributed by atoms with Gasteiger partial charge in [0.15, 0.2) is 11.5 Å². The van der Waals surface area contributed by atoms with E-state index in [1.807, 2.05) is 30.3 Å². The third-order valence-electron chi connectivity index (χ3n) is 7.95. The summed E-state index contributed by atoms with van der Waals surface area (Å²) in [6.07, 6.45) is 6.63. The molecule has 47 heavy (non-hydrogen) atoms. The Morgan fingerprint density at radius 3 is 2.64 bits per heavy atom. The average Bonchev–Trinajstić information content (AvgIpc) is 3.83. The number of pyridine rings is 1. The van der Waals surface area contributed by atoms with Crippen molar-refractivity contribution < 1.29 is 14.3 Å². The second-order valence-electron chi connectivity index (χ2n) is 11.5. The van der Waals surface area contributed by atoms with Crippen LogP contribution in [0.1, 0.15) is 29.0 Å². The van der Waals surface area contributed by atoms with Crippen molar-refractivity contribution >= 4 is 45.6 Å². The summed E-state index contributed by atoms with van der Waals surface area (Å²) in [4.78, 5) is 53.2. The third kappa shape index (κ3) is 5.86. The van der Waals surface area contributed by atoms with E-state index in [1.54, 1.807) is 68.4 Å². The molecule has 6 aromatic rings. The van der Waals surface area contributed by atoms with Crippen LogP contribution in [0.25, 0.3) is 27.7 Å². The van der Waals surface area contributed by atoms with Crippen LogP contribution in [0, 0.1) is 5.92 Å². The average molecular weight is 630 g/mol. The van der Waals surface area contributed by atoms with Crippen LogP contribution < -0.4 is 20.9 Å². The van der Waals surface area contributed by atoms with Crippen molar-refractivity contribution in [3.8, 4) is 16.9 Å². The molecule has 1 fully saturated rings. The number of fused-ring (bicyclic) bond motifs is 2. The number of carbonyl (C=O) groups is 2. The van der Waals surface area contributed by atoms with E-state index in [0.717, 1.165) is 24.0 Å². The van der Waals surface area contributed by atoms with Crippen LogP contribution in [-0.4, -0.2) is 67.1 Å². The molecule has 0 bridgehead atoms. The molecule has 1 aliphatic carbocycles. The maximum atomic E-state index is 13.5. The Morgan fingerprint density at radius 1 is 1.02 bits per heavy atom. The molecule has 0 spiro atoms. The first-order chi connectivity index (χ1) is 22.8. The number of para-hydroxylation sites is 1. The topological polar surface area (TPSA) is 149 Å². The molecule has 2 aromatic carbocycles. The molecule has 2 N–H and O–H groups in total. The van der Waals surface area contributed by atoms with Crippen LogP contribution in [0.4, 0.5) is 17.2 Å². The van der Waals surface area contributed by atoms with Gasteiger partial charge in [0.2, 0.25) is 5.91 Å². The molecule has 0 aliphatic heterocycles. The monoisotopic (exact) mass is 629 g/mol. The van der Waals surface area contributed by atoms with E-state index >= 15 is 0 Å². The smallest absolute Gasteiger partial charge is 0.271 e. The Labute approximate surface area is 268 Å². The van der Waals surface area contributed by atoms with Gasteiger partial charge in [-0.25, -0.2) is 19.5 Å². The molecule has 0 unspecified atom stereocenters. The number of amides is 2. The zero-order valence-electron chi connectivity index (χ0n) is 26.0. The van der Waals surface area contributed by atoms with E-state index in [2.05, 4.69) is 30.7 Å². The Kier molecular flexibility index (Phi) is 7.56. The summed E-state index contributed by atoms with van der Waals surface area (Å²) in [6, 6.07) is 18.1. The van der Waals surface area contributed by atoms with Gasteiger partial charge in [0.05, 0.1) is 48.0 Å². The molecular weight excluding hydrogens is 598 g/mol. The molecule has 7 rings (SSSR count). The fourth-order valence-corrected chi connectivity index (χ4v) is 5.40. The number of ether oxygens (including phenoxy) is 1. The highest BCUT2D eigenvalue weighted by Crippen LogP contribution is 2.39. The largest absolute Gasteiger partial charge is 0.494 e. The Bertz CT molecular complexity index is 2240. The standard InChI is InChI=1S/C34H31N9O4/c1-41(2)34(46)26-9-4-6-22(37-26)18-42-19-36-27-16-21(12-13-24(27)33(42)45)23-7-5-8-25(30(23)47-3)38-28-17-29(39-32(44)20-10-11-20)40-43-15-14-35-31(28)43/h4-9,12-17,19-20,38H,10-11,18H2,1-3H3,(H,39,40,44). The summed E-state index contributed by atoms with van der Waals surface area (Å²) in [5.41, 5.74) is 4.67. The zero-order chi connectivity index (χ0) is 32.7. The highest BCUT2D eigenvalue weighted by Gasteiger charge is 2.30. The molecule has 2 amide bonds. The Morgan fingerprint density at radius 2 is 1.85 bits per heavy atom. The molecule has 0 saturated heterocycles. The van der Waals surface area contributed by atoms with Gasteiger partial charge in [0, 0.05) is 44.0 Å². The number of rotatable bonds is 9. The fraction of sp³-hybridized carbons (Fsp3) is 0.206. The lowest BCUT2D eigenvalue weighted by Gasteiger charge is -2.17. The summed E-state index contributed by atoms with van der Waals surface area (Å²) >= 11 is 0. The number of benzene rings is 2. The van der Waals surface area contributed by atoms with Gasteiger partial charge in [0.25, 0.3) is 11.5 Å². The number of nitrogens with one attached hydrogen (secondary N) is 2.